The number of benzene rings is 2. The van der Waals surface area contributed by atoms with Gasteiger partial charge in [0.25, 0.3) is 5.91 Å². The molecule has 1 heterocycles. The van der Waals surface area contributed by atoms with Gasteiger partial charge in [-0.15, -0.1) is 0 Å². The molecule has 0 saturated carbocycles. The summed E-state index contributed by atoms with van der Waals surface area (Å²) in [5.41, 5.74) is 2.32. The highest BCUT2D eigenvalue weighted by atomic mass is 19.1. The van der Waals surface area contributed by atoms with E-state index in [0.29, 0.717) is 18.7 Å². The molecule has 0 aromatic heterocycles. The minimum absolute atomic E-state index is 0.109. The molecule has 0 N–H and O–H groups in total. The molecule has 1 aliphatic rings. The van der Waals surface area contributed by atoms with Gasteiger partial charge in [0.15, 0.2) is 0 Å². The van der Waals surface area contributed by atoms with Gasteiger partial charge in [-0.05, 0) is 55.8 Å². The van der Waals surface area contributed by atoms with Crippen molar-refractivity contribution >= 4 is 17.5 Å². The molecule has 124 valence electrons. The van der Waals surface area contributed by atoms with Gasteiger partial charge in [-0.1, -0.05) is 12.1 Å². The van der Waals surface area contributed by atoms with E-state index < -0.39 is 6.04 Å². The quantitative estimate of drug-likeness (QED) is 0.851. The molecule has 2 aromatic carbocycles. The minimum Gasteiger partial charge on any atom is -0.325 e. The van der Waals surface area contributed by atoms with Crippen LogP contribution in [-0.4, -0.2) is 35.8 Å². The lowest BCUT2D eigenvalue weighted by atomic mass is 10.1. The van der Waals surface area contributed by atoms with Crippen LogP contribution >= 0.6 is 0 Å². The van der Waals surface area contributed by atoms with Gasteiger partial charge in [-0.2, -0.15) is 0 Å². The number of hydrogen-bond acceptors (Lipinski definition) is 2. The third-order valence-electron chi connectivity index (χ3n) is 4.32. The van der Waals surface area contributed by atoms with E-state index in [4.69, 9.17) is 0 Å². The summed E-state index contributed by atoms with van der Waals surface area (Å²) >= 11 is 0. The first kappa shape index (κ1) is 16.2. The van der Waals surface area contributed by atoms with E-state index >= 15 is 0 Å². The van der Waals surface area contributed by atoms with Gasteiger partial charge in [-0.25, -0.2) is 4.39 Å². The van der Waals surface area contributed by atoms with Crippen LogP contribution in [0, 0.1) is 12.7 Å². The molecule has 1 aliphatic heterocycles. The van der Waals surface area contributed by atoms with E-state index in [1.807, 2.05) is 31.2 Å². The van der Waals surface area contributed by atoms with Crippen LogP contribution in [0.5, 0.6) is 0 Å². The molecule has 1 atom stereocenters. The highest BCUT2D eigenvalue weighted by Crippen LogP contribution is 2.22. The fraction of sp³-hybridized carbons (Fsp3) is 0.263. The van der Waals surface area contributed by atoms with Gasteiger partial charge in [0.1, 0.15) is 11.9 Å². The van der Waals surface area contributed by atoms with Crippen LogP contribution in [0.25, 0.3) is 0 Å². The molecule has 2 aromatic rings. The molecular weight excluding hydrogens is 307 g/mol. The second-order valence-corrected chi connectivity index (χ2v) is 6.01. The Bertz CT molecular complexity index is 773. The van der Waals surface area contributed by atoms with Crippen LogP contribution in [0.3, 0.4) is 0 Å². The Morgan fingerprint density at radius 1 is 1.12 bits per heavy atom. The molecule has 0 bridgehead atoms. The Morgan fingerprint density at radius 3 is 2.50 bits per heavy atom. The minimum atomic E-state index is -0.559. The van der Waals surface area contributed by atoms with Crippen LogP contribution in [0.2, 0.25) is 0 Å². The van der Waals surface area contributed by atoms with Crippen molar-refractivity contribution in [3.63, 3.8) is 0 Å². The first-order valence-corrected chi connectivity index (χ1v) is 7.92. The summed E-state index contributed by atoms with van der Waals surface area (Å²) < 4.78 is 13.0. The van der Waals surface area contributed by atoms with Crippen molar-refractivity contribution in [2.45, 2.75) is 19.9 Å². The van der Waals surface area contributed by atoms with E-state index in [9.17, 15) is 14.0 Å². The molecule has 4 nitrogen and oxygen atoms in total. The third-order valence-corrected chi connectivity index (χ3v) is 4.32. The summed E-state index contributed by atoms with van der Waals surface area (Å²) in [4.78, 5) is 28.6. The zero-order valence-electron chi connectivity index (χ0n) is 13.7. The molecular formula is C19H19FN2O2. The van der Waals surface area contributed by atoms with Crippen molar-refractivity contribution < 1.29 is 14.0 Å². The zero-order chi connectivity index (χ0) is 17.3. The fourth-order valence-corrected chi connectivity index (χ4v) is 2.96. The Labute approximate surface area is 140 Å². The van der Waals surface area contributed by atoms with Gasteiger partial charge in [0, 0.05) is 24.3 Å². The maximum absolute atomic E-state index is 13.0. The predicted octanol–water partition coefficient (Wildman–Crippen LogP) is 3.01. The Morgan fingerprint density at radius 2 is 1.83 bits per heavy atom. The van der Waals surface area contributed by atoms with Crippen LogP contribution in [0.1, 0.15) is 22.8 Å². The lowest BCUT2D eigenvalue weighted by molar-refractivity contribution is -0.124. The second kappa shape index (κ2) is 6.43. The van der Waals surface area contributed by atoms with Gasteiger partial charge in [-0.3, -0.25) is 9.59 Å². The Kier molecular flexibility index (Phi) is 4.34. The summed E-state index contributed by atoms with van der Waals surface area (Å²) in [7, 11) is 0. The normalized spacial score (nSPS) is 18.0. The average Bonchev–Trinajstić information content (AvgIpc) is 2.57. The van der Waals surface area contributed by atoms with Crippen molar-refractivity contribution in [1.82, 2.24) is 4.90 Å². The maximum Gasteiger partial charge on any atom is 0.254 e. The van der Waals surface area contributed by atoms with Crippen LogP contribution in [0.15, 0.2) is 48.5 Å². The van der Waals surface area contributed by atoms with E-state index in [2.05, 4.69) is 0 Å². The lowest BCUT2D eigenvalue weighted by Crippen LogP contribution is -2.57. The summed E-state index contributed by atoms with van der Waals surface area (Å²) in [5, 5.41) is 0. The van der Waals surface area contributed by atoms with Crippen molar-refractivity contribution in [3.8, 4) is 0 Å². The molecule has 0 spiro atoms. The van der Waals surface area contributed by atoms with Gasteiger partial charge in [0.05, 0.1) is 0 Å². The highest BCUT2D eigenvalue weighted by Gasteiger charge is 2.35. The van der Waals surface area contributed by atoms with Gasteiger partial charge in [0.2, 0.25) is 5.91 Å². The van der Waals surface area contributed by atoms with Crippen molar-refractivity contribution in [2.75, 3.05) is 18.0 Å². The summed E-state index contributed by atoms with van der Waals surface area (Å²) in [5.74, 6) is -0.748. The van der Waals surface area contributed by atoms with Crippen LogP contribution in [-0.2, 0) is 4.79 Å². The summed E-state index contributed by atoms with van der Waals surface area (Å²) in [6.07, 6.45) is 0. The van der Waals surface area contributed by atoms with Crippen molar-refractivity contribution in [1.29, 1.82) is 0 Å². The monoisotopic (exact) mass is 326 g/mol. The number of rotatable bonds is 2. The number of aryl methyl sites for hydroxylation is 1. The number of amides is 2. The molecule has 5 heteroatoms. The Hall–Kier alpha value is -2.69. The number of anilines is 1. The standard InChI is InChI=1S/C19H19FN2O2/c1-13-4-3-5-17(12-13)22-11-10-21(14(2)18(22)23)19(24)15-6-8-16(20)9-7-15/h3-9,12,14H,10-11H2,1-2H3/t14-/m1/s1. The summed E-state index contributed by atoms with van der Waals surface area (Å²) in [6.45, 7) is 4.59. The molecule has 1 fully saturated rings. The largest absolute Gasteiger partial charge is 0.325 e. The second-order valence-electron chi connectivity index (χ2n) is 6.01. The Balaban J connectivity index is 1.79. The summed E-state index contributed by atoms with van der Waals surface area (Å²) in [6, 6.07) is 12.6. The average molecular weight is 326 g/mol. The predicted molar refractivity (Wildman–Crippen MR) is 90.4 cm³/mol. The molecule has 0 aliphatic carbocycles. The number of piperazine rings is 1. The smallest absolute Gasteiger partial charge is 0.254 e. The van der Waals surface area contributed by atoms with Gasteiger partial charge < -0.3 is 9.80 Å². The molecule has 0 unspecified atom stereocenters. The molecule has 2 amide bonds. The highest BCUT2D eigenvalue weighted by molar-refractivity contribution is 6.03. The van der Waals surface area contributed by atoms with Crippen LogP contribution < -0.4 is 4.90 Å². The number of carbonyl (C=O) groups is 2. The van der Waals surface area contributed by atoms with Crippen molar-refractivity contribution in [3.05, 3.63) is 65.5 Å². The fourth-order valence-electron chi connectivity index (χ4n) is 2.96. The van der Waals surface area contributed by atoms with E-state index in [0.717, 1.165) is 11.3 Å². The molecule has 24 heavy (non-hydrogen) atoms. The SMILES string of the molecule is Cc1cccc(N2CCN(C(=O)c3ccc(F)cc3)[C@H](C)C2=O)c1. The molecule has 3 rings (SSSR count). The van der Waals surface area contributed by atoms with Gasteiger partial charge >= 0.3 is 0 Å². The first-order chi connectivity index (χ1) is 11.5. The van der Waals surface area contributed by atoms with E-state index in [1.54, 1.807) is 16.7 Å². The number of nitrogens with zero attached hydrogens (tertiary/aromatic N) is 2. The topological polar surface area (TPSA) is 40.6 Å². The third kappa shape index (κ3) is 3.02. The lowest BCUT2D eigenvalue weighted by Gasteiger charge is -2.39. The molecule has 1 saturated heterocycles. The number of hydrogen-bond donors (Lipinski definition) is 0. The zero-order valence-corrected chi connectivity index (χ0v) is 13.7. The number of carbonyl (C=O) groups excluding carboxylic acids is 2. The van der Waals surface area contributed by atoms with E-state index in [1.165, 1.54) is 24.3 Å². The first-order valence-electron chi connectivity index (χ1n) is 7.92. The molecule has 0 radical (unpaired) electrons. The van der Waals surface area contributed by atoms with Crippen LogP contribution in [0.4, 0.5) is 10.1 Å². The van der Waals surface area contributed by atoms with E-state index in [-0.39, 0.29) is 17.6 Å². The number of halogens is 1. The maximum atomic E-state index is 13.0. The van der Waals surface area contributed by atoms with Crippen molar-refractivity contribution in [2.24, 2.45) is 0 Å².